The largest absolute Gasteiger partial charge is 0.270 e. The van der Waals surface area contributed by atoms with Crippen LogP contribution in [0.5, 0.6) is 0 Å². The third-order valence-corrected chi connectivity index (χ3v) is 2.05. The molecule has 0 aliphatic carbocycles. The Morgan fingerprint density at radius 2 is 1.57 bits per heavy atom. The first-order chi connectivity index (χ1) is 6.39. The summed E-state index contributed by atoms with van der Waals surface area (Å²) in [5.41, 5.74) is 1.75. The van der Waals surface area contributed by atoms with Gasteiger partial charge in [-0.1, -0.05) is 45.0 Å². The van der Waals surface area contributed by atoms with Gasteiger partial charge in [-0.15, -0.1) is 0 Å². The van der Waals surface area contributed by atoms with Gasteiger partial charge in [0, 0.05) is 6.08 Å². The summed E-state index contributed by atoms with van der Waals surface area (Å²) in [5, 5.41) is 0. The van der Waals surface area contributed by atoms with E-state index in [1.54, 1.807) is 12.1 Å². The molecular weight excluding hydrogens is 182 g/mol. The van der Waals surface area contributed by atoms with E-state index in [0.29, 0.717) is 5.56 Å². The van der Waals surface area contributed by atoms with Gasteiger partial charge in [-0.2, -0.15) is 8.78 Å². The Kier molecular flexibility index (Phi) is 3.04. The molecule has 0 nitrogen and oxygen atoms in total. The van der Waals surface area contributed by atoms with Crippen LogP contribution < -0.4 is 0 Å². The van der Waals surface area contributed by atoms with Gasteiger partial charge in [0.1, 0.15) is 0 Å². The molecule has 0 aliphatic rings. The van der Waals surface area contributed by atoms with Crippen molar-refractivity contribution >= 4 is 6.08 Å². The van der Waals surface area contributed by atoms with Crippen molar-refractivity contribution in [1.82, 2.24) is 0 Å². The molecule has 1 aromatic rings. The van der Waals surface area contributed by atoms with Gasteiger partial charge in [0.2, 0.25) is 0 Å². The van der Waals surface area contributed by atoms with Crippen molar-refractivity contribution in [2.24, 2.45) is 0 Å². The second kappa shape index (κ2) is 3.91. The summed E-state index contributed by atoms with van der Waals surface area (Å²) in [6, 6.07) is 7.18. The topological polar surface area (TPSA) is 0 Å². The van der Waals surface area contributed by atoms with Crippen LogP contribution in [0.4, 0.5) is 8.78 Å². The summed E-state index contributed by atoms with van der Waals surface area (Å²) < 4.78 is 23.8. The highest BCUT2D eigenvalue weighted by molar-refractivity contribution is 5.50. The van der Waals surface area contributed by atoms with Gasteiger partial charge in [-0.05, 0) is 16.5 Å². The zero-order valence-corrected chi connectivity index (χ0v) is 8.64. The van der Waals surface area contributed by atoms with Gasteiger partial charge in [-0.3, -0.25) is 0 Å². The first-order valence-electron chi connectivity index (χ1n) is 4.53. The van der Waals surface area contributed by atoms with E-state index in [-0.39, 0.29) is 5.41 Å². The van der Waals surface area contributed by atoms with Crippen LogP contribution in [0.2, 0.25) is 0 Å². The highest BCUT2D eigenvalue weighted by atomic mass is 19.3. The molecule has 76 valence electrons. The van der Waals surface area contributed by atoms with Gasteiger partial charge in [0.15, 0.2) is 0 Å². The molecule has 0 unspecified atom stereocenters. The lowest BCUT2D eigenvalue weighted by Crippen LogP contribution is -2.10. The number of rotatable bonds is 1. The van der Waals surface area contributed by atoms with Crippen LogP contribution >= 0.6 is 0 Å². The minimum atomic E-state index is -1.66. The first kappa shape index (κ1) is 10.9. The molecule has 0 spiro atoms. The SMILES string of the molecule is CC(C)(C)c1ccc(C=C(F)F)cc1. The highest BCUT2D eigenvalue weighted by Gasteiger charge is 2.12. The molecule has 0 N–H and O–H groups in total. The fourth-order valence-electron chi connectivity index (χ4n) is 1.21. The van der Waals surface area contributed by atoms with E-state index >= 15 is 0 Å². The van der Waals surface area contributed by atoms with Crippen LogP contribution in [-0.4, -0.2) is 0 Å². The van der Waals surface area contributed by atoms with E-state index in [2.05, 4.69) is 20.8 Å². The van der Waals surface area contributed by atoms with Crippen LogP contribution in [0, 0.1) is 0 Å². The lowest BCUT2D eigenvalue weighted by Gasteiger charge is -2.18. The Hall–Kier alpha value is -1.18. The van der Waals surface area contributed by atoms with Gasteiger partial charge in [0.05, 0.1) is 0 Å². The Labute approximate surface area is 83.3 Å². The molecule has 2 heteroatoms. The molecule has 0 radical (unpaired) electrons. The summed E-state index contributed by atoms with van der Waals surface area (Å²) >= 11 is 0. The predicted molar refractivity (Wildman–Crippen MR) is 55.3 cm³/mol. The molecule has 0 saturated carbocycles. The third-order valence-electron chi connectivity index (χ3n) is 2.05. The molecule has 14 heavy (non-hydrogen) atoms. The molecule has 0 bridgehead atoms. The minimum absolute atomic E-state index is 0.0660. The normalized spacial score (nSPS) is 11.2. The van der Waals surface area contributed by atoms with Crippen LogP contribution in [0.25, 0.3) is 6.08 Å². The maximum absolute atomic E-state index is 11.9. The number of halogens is 2. The fourth-order valence-corrected chi connectivity index (χ4v) is 1.21. The number of hydrogen-bond acceptors (Lipinski definition) is 0. The monoisotopic (exact) mass is 196 g/mol. The molecular formula is C12H14F2. The molecule has 0 heterocycles. The van der Waals surface area contributed by atoms with Gasteiger partial charge in [-0.25, -0.2) is 0 Å². The van der Waals surface area contributed by atoms with Crippen LogP contribution in [0.1, 0.15) is 31.9 Å². The zero-order chi connectivity index (χ0) is 10.8. The third kappa shape index (κ3) is 2.95. The lowest BCUT2D eigenvalue weighted by atomic mass is 9.87. The summed E-state index contributed by atoms with van der Waals surface area (Å²) in [6.45, 7) is 6.27. The minimum Gasteiger partial charge on any atom is -0.173 e. The molecule has 0 fully saturated rings. The van der Waals surface area contributed by atoms with Gasteiger partial charge < -0.3 is 0 Å². The van der Waals surface area contributed by atoms with Crippen molar-refractivity contribution in [1.29, 1.82) is 0 Å². The van der Waals surface area contributed by atoms with E-state index in [1.165, 1.54) is 0 Å². The average Bonchev–Trinajstić information content (AvgIpc) is 2.02. The average molecular weight is 196 g/mol. The zero-order valence-electron chi connectivity index (χ0n) is 8.64. The Bertz CT molecular complexity index is 324. The second-order valence-corrected chi connectivity index (χ2v) is 4.31. The van der Waals surface area contributed by atoms with Crippen molar-refractivity contribution < 1.29 is 8.78 Å². The quantitative estimate of drug-likeness (QED) is 0.630. The van der Waals surface area contributed by atoms with Crippen molar-refractivity contribution in [3.05, 3.63) is 41.5 Å². The van der Waals surface area contributed by atoms with Crippen LogP contribution in [-0.2, 0) is 5.41 Å². The maximum atomic E-state index is 11.9. The predicted octanol–water partition coefficient (Wildman–Crippen LogP) is 4.22. The summed E-state index contributed by atoms with van der Waals surface area (Å²) in [4.78, 5) is 0. The van der Waals surface area contributed by atoms with E-state index < -0.39 is 6.08 Å². The Morgan fingerprint density at radius 3 is 1.93 bits per heavy atom. The van der Waals surface area contributed by atoms with Crippen molar-refractivity contribution in [2.45, 2.75) is 26.2 Å². The lowest BCUT2D eigenvalue weighted by molar-refractivity contribution is 0.429. The maximum Gasteiger partial charge on any atom is 0.270 e. The molecule has 0 amide bonds. The summed E-state index contributed by atoms with van der Waals surface area (Å²) in [7, 11) is 0. The number of benzene rings is 1. The smallest absolute Gasteiger partial charge is 0.173 e. The Balaban J connectivity index is 2.95. The first-order valence-corrected chi connectivity index (χ1v) is 4.53. The molecule has 1 rings (SSSR count). The summed E-state index contributed by atoms with van der Waals surface area (Å²) in [5.74, 6) is 0. The molecule has 0 saturated heterocycles. The van der Waals surface area contributed by atoms with Gasteiger partial charge in [0.25, 0.3) is 6.08 Å². The molecule has 1 aromatic carbocycles. The Morgan fingerprint density at radius 1 is 1.07 bits per heavy atom. The van der Waals surface area contributed by atoms with E-state index in [0.717, 1.165) is 11.6 Å². The van der Waals surface area contributed by atoms with Crippen molar-refractivity contribution in [2.75, 3.05) is 0 Å². The highest BCUT2D eigenvalue weighted by Crippen LogP contribution is 2.22. The summed E-state index contributed by atoms with van der Waals surface area (Å²) in [6.07, 6.45) is -0.791. The second-order valence-electron chi connectivity index (χ2n) is 4.31. The standard InChI is InChI=1S/C12H14F2/c1-12(2,3)10-6-4-9(5-7-10)8-11(13)14/h4-8H,1-3H3. The van der Waals surface area contributed by atoms with Crippen molar-refractivity contribution in [3.8, 4) is 0 Å². The van der Waals surface area contributed by atoms with Crippen molar-refractivity contribution in [3.63, 3.8) is 0 Å². The molecule has 0 atom stereocenters. The molecule has 0 aliphatic heterocycles. The van der Waals surface area contributed by atoms with Crippen LogP contribution in [0.15, 0.2) is 30.3 Å². The number of hydrogen-bond donors (Lipinski definition) is 0. The van der Waals surface area contributed by atoms with E-state index in [1.807, 2.05) is 12.1 Å². The van der Waals surface area contributed by atoms with Crippen LogP contribution in [0.3, 0.4) is 0 Å². The van der Waals surface area contributed by atoms with E-state index in [9.17, 15) is 8.78 Å². The molecule has 0 aromatic heterocycles. The van der Waals surface area contributed by atoms with Gasteiger partial charge >= 0.3 is 0 Å². The fraction of sp³-hybridized carbons (Fsp3) is 0.333. The van der Waals surface area contributed by atoms with E-state index in [4.69, 9.17) is 0 Å².